The molecule has 1 atom stereocenters. The van der Waals surface area contributed by atoms with Crippen molar-refractivity contribution in [1.82, 2.24) is 5.32 Å². The van der Waals surface area contributed by atoms with Gasteiger partial charge in [0.25, 0.3) is 0 Å². The smallest absolute Gasteiger partial charge is 0.330 e. The van der Waals surface area contributed by atoms with Crippen LogP contribution < -0.4 is 10.1 Å². The lowest BCUT2D eigenvalue weighted by Gasteiger charge is -2.18. The number of hydrogen-bond donors (Lipinski definition) is 2. The lowest BCUT2D eigenvalue weighted by Crippen LogP contribution is -2.36. The van der Waals surface area contributed by atoms with Crippen LogP contribution in [-0.2, 0) is 25.8 Å². The molecule has 7 nitrogen and oxygen atoms in total. The summed E-state index contributed by atoms with van der Waals surface area (Å²) in [5.41, 5.74) is 0.874. The van der Waals surface area contributed by atoms with E-state index in [1.165, 1.54) is 0 Å². The predicted molar refractivity (Wildman–Crippen MR) is 90.2 cm³/mol. The van der Waals surface area contributed by atoms with Gasteiger partial charge in [-0.3, -0.25) is 4.79 Å². The van der Waals surface area contributed by atoms with Crippen LogP contribution in [0.15, 0.2) is 18.2 Å². The number of carbonyl (C=O) groups is 2. The van der Waals surface area contributed by atoms with Crippen LogP contribution in [0.5, 0.6) is 5.75 Å². The van der Waals surface area contributed by atoms with Gasteiger partial charge in [0.1, 0.15) is 15.6 Å². The predicted octanol–water partition coefficient (Wildman–Crippen LogP) is 1.08. The minimum atomic E-state index is -3.18. The van der Waals surface area contributed by atoms with E-state index in [1.54, 1.807) is 18.2 Å². The molecule has 1 aliphatic heterocycles. The molecule has 0 saturated heterocycles. The first-order chi connectivity index (χ1) is 11.7. The standard InChI is InChI=1S/C17H21NO6S/c1-25(22,23)10-17(5-6-17)9-14(19)18-15(16(20)21)12-2-3-13-11(8-12)4-7-24-13/h2-3,8,15H,4-7,9-10H2,1H3,(H,18,19)(H,20,21). The quantitative estimate of drug-likeness (QED) is 0.746. The maximum atomic E-state index is 12.3. The van der Waals surface area contributed by atoms with E-state index in [9.17, 15) is 23.1 Å². The second-order valence-corrected chi connectivity index (χ2v) is 9.19. The first-order valence-corrected chi connectivity index (χ1v) is 10.2. The third kappa shape index (κ3) is 4.31. The number of carbonyl (C=O) groups excluding carboxylic acids is 1. The van der Waals surface area contributed by atoms with Gasteiger partial charge in [0.15, 0.2) is 6.04 Å². The summed E-state index contributed by atoms with van der Waals surface area (Å²) in [6.07, 6.45) is 3.22. The molecule has 1 aliphatic carbocycles. The molecule has 1 saturated carbocycles. The van der Waals surface area contributed by atoms with Gasteiger partial charge in [-0.2, -0.15) is 0 Å². The highest BCUT2D eigenvalue weighted by molar-refractivity contribution is 7.90. The Morgan fingerprint density at radius 1 is 1.36 bits per heavy atom. The lowest BCUT2D eigenvalue weighted by atomic mass is 10.0. The molecule has 0 radical (unpaired) electrons. The van der Waals surface area contributed by atoms with E-state index in [4.69, 9.17) is 4.74 Å². The second kappa shape index (κ2) is 6.33. The molecule has 1 amide bonds. The van der Waals surface area contributed by atoms with Gasteiger partial charge in [-0.25, -0.2) is 13.2 Å². The third-order valence-corrected chi connectivity index (χ3v) is 5.80. The molecule has 25 heavy (non-hydrogen) atoms. The van der Waals surface area contributed by atoms with Crippen LogP contribution in [-0.4, -0.2) is 44.0 Å². The van der Waals surface area contributed by atoms with Crippen LogP contribution in [0.1, 0.15) is 36.4 Å². The fourth-order valence-corrected chi connectivity index (χ4v) is 4.83. The average molecular weight is 367 g/mol. The summed E-state index contributed by atoms with van der Waals surface area (Å²) in [6, 6.07) is 3.93. The Morgan fingerprint density at radius 3 is 2.68 bits per heavy atom. The molecule has 2 N–H and O–H groups in total. The van der Waals surface area contributed by atoms with Crippen molar-refractivity contribution in [2.24, 2.45) is 5.41 Å². The topological polar surface area (TPSA) is 110 Å². The van der Waals surface area contributed by atoms with Gasteiger partial charge in [-0.15, -0.1) is 0 Å². The molecular weight excluding hydrogens is 346 g/mol. The van der Waals surface area contributed by atoms with Gasteiger partial charge < -0.3 is 15.2 Å². The zero-order chi connectivity index (χ0) is 18.2. The van der Waals surface area contributed by atoms with Gasteiger partial charge in [0.05, 0.1) is 12.4 Å². The van der Waals surface area contributed by atoms with Crippen molar-refractivity contribution in [3.05, 3.63) is 29.3 Å². The Balaban J connectivity index is 1.70. The lowest BCUT2D eigenvalue weighted by molar-refractivity contribution is -0.142. The molecule has 0 bridgehead atoms. The summed E-state index contributed by atoms with van der Waals surface area (Å²) in [4.78, 5) is 23.9. The van der Waals surface area contributed by atoms with Crippen LogP contribution in [0.3, 0.4) is 0 Å². The van der Waals surface area contributed by atoms with Crippen LogP contribution in [0.4, 0.5) is 0 Å². The summed E-state index contributed by atoms with van der Waals surface area (Å²) in [6.45, 7) is 0.566. The Labute approximate surface area is 146 Å². The Morgan fingerprint density at radius 2 is 2.08 bits per heavy atom. The van der Waals surface area contributed by atoms with Crippen LogP contribution in [0, 0.1) is 5.41 Å². The van der Waals surface area contributed by atoms with E-state index in [2.05, 4.69) is 5.32 Å². The van der Waals surface area contributed by atoms with Crippen molar-refractivity contribution in [1.29, 1.82) is 0 Å². The number of sulfone groups is 1. The number of carboxylic acid groups (broad SMARTS) is 1. The number of benzene rings is 1. The van der Waals surface area contributed by atoms with E-state index in [1.807, 2.05) is 0 Å². The summed E-state index contributed by atoms with van der Waals surface area (Å²) in [7, 11) is -3.18. The molecule has 136 valence electrons. The van der Waals surface area contributed by atoms with Gasteiger partial charge in [-0.05, 0) is 41.5 Å². The second-order valence-electron chi connectivity index (χ2n) is 7.05. The summed E-state index contributed by atoms with van der Waals surface area (Å²) >= 11 is 0. The fourth-order valence-electron chi connectivity index (χ4n) is 3.33. The number of nitrogens with one attached hydrogen (secondary N) is 1. The third-order valence-electron chi connectivity index (χ3n) is 4.66. The van der Waals surface area contributed by atoms with Gasteiger partial charge in [0, 0.05) is 19.1 Å². The van der Waals surface area contributed by atoms with Gasteiger partial charge in [0.2, 0.25) is 5.91 Å². The highest BCUT2D eigenvalue weighted by Gasteiger charge is 2.47. The highest BCUT2D eigenvalue weighted by atomic mass is 32.2. The maximum absolute atomic E-state index is 12.3. The van der Waals surface area contributed by atoms with Gasteiger partial charge >= 0.3 is 5.97 Å². The number of aliphatic carboxylic acids is 1. The highest BCUT2D eigenvalue weighted by Crippen LogP contribution is 2.49. The Hall–Kier alpha value is -2.09. The van der Waals surface area contributed by atoms with Crippen molar-refractivity contribution in [3.63, 3.8) is 0 Å². The fraction of sp³-hybridized carbons (Fsp3) is 0.529. The molecule has 0 aromatic heterocycles. The first-order valence-electron chi connectivity index (χ1n) is 8.13. The van der Waals surface area contributed by atoms with Crippen molar-refractivity contribution in [3.8, 4) is 5.75 Å². The number of carboxylic acids is 1. The zero-order valence-electron chi connectivity index (χ0n) is 13.9. The van der Waals surface area contributed by atoms with E-state index in [0.29, 0.717) is 31.4 Å². The number of rotatable bonds is 7. The molecule has 2 aliphatic rings. The molecule has 8 heteroatoms. The number of fused-ring (bicyclic) bond motifs is 1. The van der Waals surface area contributed by atoms with Crippen molar-refractivity contribution >= 4 is 21.7 Å². The number of amides is 1. The zero-order valence-corrected chi connectivity index (χ0v) is 14.8. The molecular formula is C17H21NO6S. The van der Waals surface area contributed by atoms with Crippen LogP contribution in [0.25, 0.3) is 0 Å². The first kappa shape index (κ1) is 17.7. The number of ether oxygens (including phenoxy) is 1. The van der Waals surface area contributed by atoms with Crippen LogP contribution in [0.2, 0.25) is 0 Å². The molecule has 1 unspecified atom stereocenters. The van der Waals surface area contributed by atoms with E-state index >= 15 is 0 Å². The van der Waals surface area contributed by atoms with E-state index < -0.39 is 33.2 Å². The van der Waals surface area contributed by atoms with E-state index in [-0.39, 0.29) is 12.2 Å². The molecule has 0 spiro atoms. The van der Waals surface area contributed by atoms with Crippen molar-refractivity contribution in [2.75, 3.05) is 18.6 Å². The molecule has 3 rings (SSSR count). The van der Waals surface area contributed by atoms with Crippen molar-refractivity contribution in [2.45, 2.75) is 31.7 Å². The number of hydrogen-bond acceptors (Lipinski definition) is 5. The average Bonchev–Trinajstić information content (AvgIpc) is 3.06. The Bertz CT molecular complexity index is 812. The molecule has 1 aromatic carbocycles. The molecule has 1 heterocycles. The summed E-state index contributed by atoms with van der Waals surface area (Å²) in [5.74, 6) is -0.892. The minimum Gasteiger partial charge on any atom is -0.493 e. The summed E-state index contributed by atoms with van der Waals surface area (Å²) in [5, 5.41) is 12.0. The van der Waals surface area contributed by atoms with Gasteiger partial charge in [-0.1, -0.05) is 6.07 Å². The van der Waals surface area contributed by atoms with Crippen LogP contribution >= 0.6 is 0 Å². The molecule has 1 aromatic rings. The SMILES string of the molecule is CS(=O)(=O)CC1(CC(=O)NC(C(=O)O)c2ccc3c(c2)CCO3)CC1. The summed E-state index contributed by atoms with van der Waals surface area (Å²) < 4.78 is 28.4. The largest absolute Gasteiger partial charge is 0.493 e. The molecule has 1 fully saturated rings. The maximum Gasteiger partial charge on any atom is 0.330 e. The minimum absolute atomic E-state index is 0.0257. The normalized spacial score (nSPS) is 18.8. The Kier molecular flexibility index (Phi) is 4.49. The van der Waals surface area contributed by atoms with Crippen molar-refractivity contribution < 1.29 is 27.9 Å². The monoisotopic (exact) mass is 367 g/mol. The van der Waals surface area contributed by atoms with E-state index in [0.717, 1.165) is 17.6 Å².